The maximum Gasteiger partial charge on any atom is 0.338 e. The molecule has 3 aromatic rings. The number of benzene rings is 1. The van der Waals surface area contributed by atoms with Gasteiger partial charge >= 0.3 is 5.63 Å². The zero-order valence-corrected chi connectivity index (χ0v) is 16.5. The van der Waals surface area contributed by atoms with E-state index in [4.69, 9.17) is 42.2 Å². The number of aromatic nitrogens is 1. The van der Waals surface area contributed by atoms with E-state index in [1.54, 1.807) is 12.1 Å². The number of nitrogens with zero attached hydrogens (tertiary/aromatic N) is 1. The second kappa shape index (κ2) is 9.14. The standard InChI is InChI=1S/C19H18Cl2N2O5/c1-26-15-5-4-11-14(23-17-12(20)9-22-10-13(17)21)8-16(25)28-18(11)19(15)27-7-3-2-6-24/h4-5,8-10,24H,2-3,6-7H2,1H3,(H,22,23). The van der Waals surface area contributed by atoms with Crippen molar-refractivity contribution in [2.45, 2.75) is 12.8 Å². The van der Waals surface area contributed by atoms with Gasteiger partial charge in [0.05, 0.1) is 35.1 Å². The number of aliphatic hydroxyl groups excluding tert-OH is 1. The predicted molar refractivity (Wildman–Crippen MR) is 108 cm³/mol. The Morgan fingerprint density at radius 1 is 1.21 bits per heavy atom. The first-order valence-corrected chi connectivity index (χ1v) is 9.25. The SMILES string of the molecule is COc1ccc2c(Nc3c(Cl)cncc3Cl)cc(=O)oc2c1OCCCCO. The zero-order chi connectivity index (χ0) is 20.1. The van der Waals surface area contributed by atoms with Crippen LogP contribution in [0.2, 0.25) is 10.0 Å². The highest BCUT2D eigenvalue weighted by Crippen LogP contribution is 2.40. The highest BCUT2D eigenvalue weighted by molar-refractivity contribution is 6.39. The fourth-order valence-corrected chi connectivity index (χ4v) is 3.10. The molecule has 3 rings (SSSR count). The number of hydrogen-bond donors (Lipinski definition) is 2. The van der Waals surface area contributed by atoms with Crippen molar-refractivity contribution in [3.05, 3.63) is 51.1 Å². The van der Waals surface area contributed by atoms with Crippen LogP contribution in [-0.4, -0.2) is 30.4 Å². The highest BCUT2D eigenvalue weighted by atomic mass is 35.5. The Morgan fingerprint density at radius 3 is 2.64 bits per heavy atom. The van der Waals surface area contributed by atoms with E-state index in [1.807, 2.05) is 0 Å². The summed E-state index contributed by atoms with van der Waals surface area (Å²) in [7, 11) is 1.50. The molecule has 0 atom stereocenters. The number of aliphatic hydroxyl groups is 1. The number of anilines is 2. The molecule has 28 heavy (non-hydrogen) atoms. The molecule has 0 saturated carbocycles. The van der Waals surface area contributed by atoms with Gasteiger partial charge in [-0.05, 0) is 25.0 Å². The van der Waals surface area contributed by atoms with Crippen LogP contribution in [0.5, 0.6) is 11.5 Å². The van der Waals surface area contributed by atoms with Crippen molar-refractivity contribution in [2.24, 2.45) is 0 Å². The van der Waals surface area contributed by atoms with Gasteiger partial charge in [0.15, 0.2) is 11.3 Å². The van der Waals surface area contributed by atoms with E-state index < -0.39 is 5.63 Å². The molecule has 9 heteroatoms. The van der Waals surface area contributed by atoms with Gasteiger partial charge in [-0.3, -0.25) is 4.98 Å². The largest absolute Gasteiger partial charge is 0.493 e. The van der Waals surface area contributed by atoms with E-state index in [9.17, 15) is 4.79 Å². The lowest BCUT2D eigenvalue weighted by molar-refractivity contribution is 0.247. The predicted octanol–water partition coefficient (Wildman–Crippen LogP) is 4.40. The van der Waals surface area contributed by atoms with Crippen LogP contribution in [0.25, 0.3) is 11.0 Å². The summed E-state index contributed by atoms with van der Waals surface area (Å²) in [6, 6.07) is 4.76. The number of pyridine rings is 1. The molecule has 0 unspecified atom stereocenters. The Kier molecular flexibility index (Phi) is 6.61. The third-order valence-electron chi connectivity index (χ3n) is 3.96. The minimum Gasteiger partial charge on any atom is -0.493 e. The fourth-order valence-electron chi connectivity index (χ4n) is 2.64. The molecule has 0 spiro atoms. The molecular formula is C19H18Cl2N2O5. The first-order valence-electron chi connectivity index (χ1n) is 8.49. The number of rotatable bonds is 8. The Labute approximate surface area is 170 Å². The molecule has 0 radical (unpaired) electrons. The minimum atomic E-state index is -0.579. The first kappa shape index (κ1) is 20.3. The van der Waals surface area contributed by atoms with E-state index in [0.717, 1.165) is 0 Å². The van der Waals surface area contributed by atoms with Crippen LogP contribution < -0.4 is 20.4 Å². The van der Waals surface area contributed by atoms with Gasteiger partial charge in [-0.2, -0.15) is 0 Å². The number of ether oxygens (including phenoxy) is 2. The summed E-state index contributed by atoms with van der Waals surface area (Å²) in [4.78, 5) is 16.1. The van der Waals surface area contributed by atoms with Gasteiger partial charge in [0.1, 0.15) is 0 Å². The second-order valence-corrected chi connectivity index (χ2v) is 6.65. The number of halogens is 2. The molecule has 0 aliphatic rings. The highest BCUT2D eigenvalue weighted by Gasteiger charge is 2.17. The minimum absolute atomic E-state index is 0.0760. The van der Waals surface area contributed by atoms with Crippen molar-refractivity contribution < 1.29 is 19.0 Å². The van der Waals surface area contributed by atoms with Gasteiger partial charge < -0.3 is 24.3 Å². The van der Waals surface area contributed by atoms with Crippen LogP contribution >= 0.6 is 23.2 Å². The van der Waals surface area contributed by atoms with Gasteiger partial charge in [0, 0.05) is 30.5 Å². The topological polar surface area (TPSA) is 93.8 Å². The molecule has 0 saturated heterocycles. The van der Waals surface area contributed by atoms with Crippen LogP contribution in [0.3, 0.4) is 0 Å². The van der Waals surface area contributed by atoms with Crippen LogP contribution in [0.1, 0.15) is 12.8 Å². The molecule has 7 nitrogen and oxygen atoms in total. The van der Waals surface area contributed by atoms with Gasteiger partial charge in [0.25, 0.3) is 0 Å². The van der Waals surface area contributed by atoms with E-state index in [-0.39, 0.29) is 12.2 Å². The summed E-state index contributed by atoms with van der Waals surface area (Å²) < 4.78 is 16.5. The molecular weight excluding hydrogens is 407 g/mol. The van der Waals surface area contributed by atoms with E-state index >= 15 is 0 Å². The molecule has 2 heterocycles. The number of unbranched alkanes of at least 4 members (excludes halogenated alkanes) is 1. The molecule has 0 aliphatic carbocycles. The molecule has 0 bridgehead atoms. The number of methoxy groups -OCH3 is 1. The first-order chi connectivity index (χ1) is 13.5. The van der Waals surface area contributed by atoms with Crippen molar-refractivity contribution in [2.75, 3.05) is 25.6 Å². The van der Waals surface area contributed by atoms with Crippen LogP contribution in [0.15, 0.2) is 39.8 Å². The normalized spacial score (nSPS) is 10.9. The maximum absolute atomic E-state index is 12.2. The third kappa shape index (κ3) is 4.32. The lowest BCUT2D eigenvalue weighted by Gasteiger charge is -2.15. The Balaban J connectivity index is 2.08. The van der Waals surface area contributed by atoms with E-state index in [1.165, 1.54) is 25.6 Å². The van der Waals surface area contributed by atoms with Gasteiger partial charge in [-0.15, -0.1) is 0 Å². The van der Waals surface area contributed by atoms with Crippen LogP contribution in [0, 0.1) is 0 Å². The monoisotopic (exact) mass is 424 g/mol. The Hall–Kier alpha value is -2.48. The van der Waals surface area contributed by atoms with Gasteiger partial charge in [-0.25, -0.2) is 4.79 Å². The average Bonchev–Trinajstić information content (AvgIpc) is 2.68. The second-order valence-electron chi connectivity index (χ2n) is 5.84. The lowest BCUT2D eigenvalue weighted by atomic mass is 10.1. The van der Waals surface area contributed by atoms with Crippen molar-refractivity contribution >= 4 is 45.5 Å². The molecule has 0 fully saturated rings. The van der Waals surface area contributed by atoms with E-state index in [2.05, 4.69) is 10.3 Å². The smallest absolute Gasteiger partial charge is 0.338 e. The quantitative estimate of drug-likeness (QED) is 0.408. The molecule has 2 aromatic heterocycles. The summed E-state index contributed by atoms with van der Waals surface area (Å²) in [6.45, 7) is 0.409. The average molecular weight is 425 g/mol. The van der Waals surface area contributed by atoms with Crippen LogP contribution in [-0.2, 0) is 0 Å². The summed E-state index contributed by atoms with van der Waals surface area (Å²) in [5.41, 5.74) is 0.528. The summed E-state index contributed by atoms with van der Waals surface area (Å²) in [6.07, 6.45) is 4.13. The fraction of sp³-hybridized carbons (Fsp3) is 0.263. The van der Waals surface area contributed by atoms with Crippen molar-refractivity contribution in [3.63, 3.8) is 0 Å². The van der Waals surface area contributed by atoms with Gasteiger partial charge in [0.2, 0.25) is 5.75 Å². The molecule has 0 aliphatic heterocycles. The number of fused-ring (bicyclic) bond motifs is 1. The lowest BCUT2D eigenvalue weighted by Crippen LogP contribution is -2.05. The Bertz CT molecular complexity index is 1020. The molecule has 1 aromatic carbocycles. The molecule has 0 amide bonds. The summed E-state index contributed by atoms with van der Waals surface area (Å²) in [5.74, 6) is 0.738. The van der Waals surface area contributed by atoms with Crippen molar-refractivity contribution in [1.82, 2.24) is 4.98 Å². The maximum atomic E-state index is 12.2. The number of nitrogens with one attached hydrogen (secondary N) is 1. The molecule has 2 N–H and O–H groups in total. The summed E-state index contributed by atoms with van der Waals surface area (Å²) >= 11 is 12.3. The van der Waals surface area contributed by atoms with Crippen LogP contribution in [0.4, 0.5) is 11.4 Å². The zero-order valence-electron chi connectivity index (χ0n) is 15.0. The molecule has 148 valence electrons. The summed E-state index contributed by atoms with van der Waals surface area (Å²) in [5, 5.41) is 13.2. The third-order valence-corrected chi connectivity index (χ3v) is 4.54. The van der Waals surface area contributed by atoms with Crippen molar-refractivity contribution in [3.8, 4) is 11.5 Å². The van der Waals surface area contributed by atoms with Gasteiger partial charge in [-0.1, -0.05) is 23.2 Å². The van der Waals surface area contributed by atoms with E-state index in [0.29, 0.717) is 57.8 Å². The van der Waals surface area contributed by atoms with Crippen molar-refractivity contribution in [1.29, 1.82) is 0 Å². The Morgan fingerprint density at radius 2 is 1.96 bits per heavy atom. The number of hydrogen-bond acceptors (Lipinski definition) is 7.